The van der Waals surface area contributed by atoms with Gasteiger partial charge >= 0.3 is 5.97 Å². The van der Waals surface area contributed by atoms with E-state index < -0.39 is 5.97 Å². The maximum absolute atomic E-state index is 11.0. The summed E-state index contributed by atoms with van der Waals surface area (Å²) in [5, 5.41) is 9.04. The van der Waals surface area contributed by atoms with Crippen LogP contribution >= 0.6 is 0 Å². The summed E-state index contributed by atoms with van der Waals surface area (Å²) >= 11 is 0. The van der Waals surface area contributed by atoms with Gasteiger partial charge in [-0.05, 0) is 18.8 Å². The van der Waals surface area contributed by atoms with Crippen molar-refractivity contribution in [2.45, 2.75) is 40.0 Å². The average Bonchev–Trinajstić information content (AvgIpc) is 2.67. The van der Waals surface area contributed by atoms with E-state index in [1.54, 1.807) is 0 Å². The van der Waals surface area contributed by atoms with Crippen molar-refractivity contribution in [1.82, 2.24) is 4.98 Å². The van der Waals surface area contributed by atoms with Gasteiger partial charge in [0.1, 0.15) is 0 Å². The number of carboxylic acids is 1. The van der Waals surface area contributed by atoms with Crippen LogP contribution in [0.25, 0.3) is 0 Å². The molecule has 1 heterocycles. The van der Waals surface area contributed by atoms with Gasteiger partial charge in [0.05, 0.1) is 12.3 Å². The Hall–Kier alpha value is -1.36. The lowest BCUT2D eigenvalue weighted by molar-refractivity contribution is 0.0656. The summed E-state index contributed by atoms with van der Waals surface area (Å²) in [5.74, 6) is -0.301. The molecule has 0 aliphatic rings. The van der Waals surface area contributed by atoms with Crippen molar-refractivity contribution < 1.29 is 19.1 Å². The SMILES string of the molecule is CCCOCCc1nc(CC(C)C)c(C(=O)O)o1. The van der Waals surface area contributed by atoms with E-state index >= 15 is 0 Å². The fourth-order valence-corrected chi connectivity index (χ4v) is 1.61. The van der Waals surface area contributed by atoms with Crippen molar-refractivity contribution in [2.75, 3.05) is 13.2 Å². The Bertz CT molecular complexity index is 384. The Labute approximate surface area is 107 Å². The zero-order valence-electron chi connectivity index (χ0n) is 11.2. The molecule has 0 atom stereocenters. The highest BCUT2D eigenvalue weighted by Crippen LogP contribution is 2.16. The molecule has 0 saturated heterocycles. The van der Waals surface area contributed by atoms with Crippen LogP contribution in [0.3, 0.4) is 0 Å². The molecule has 0 aliphatic heterocycles. The number of aromatic carboxylic acids is 1. The molecule has 0 amide bonds. The first-order chi connectivity index (χ1) is 8.54. The van der Waals surface area contributed by atoms with Crippen LogP contribution in [0.4, 0.5) is 0 Å². The third-order valence-corrected chi connectivity index (χ3v) is 2.35. The molecule has 5 heteroatoms. The standard InChI is InChI=1S/C13H21NO4/c1-4-6-17-7-5-11-14-10(8-9(2)3)12(18-11)13(15)16/h9H,4-8H2,1-3H3,(H,15,16). The highest BCUT2D eigenvalue weighted by molar-refractivity contribution is 5.85. The van der Waals surface area contributed by atoms with Crippen LogP contribution in [0.15, 0.2) is 4.42 Å². The molecule has 0 spiro atoms. The maximum Gasteiger partial charge on any atom is 0.373 e. The van der Waals surface area contributed by atoms with E-state index in [2.05, 4.69) is 4.98 Å². The van der Waals surface area contributed by atoms with Crippen LogP contribution in [0.5, 0.6) is 0 Å². The van der Waals surface area contributed by atoms with Gasteiger partial charge in [0.25, 0.3) is 0 Å². The van der Waals surface area contributed by atoms with E-state index in [0.717, 1.165) is 6.42 Å². The van der Waals surface area contributed by atoms with Crippen molar-refractivity contribution in [3.8, 4) is 0 Å². The second-order valence-electron chi connectivity index (χ2n) is 4.65. The molecule has 0 bridgehead atoms. The molecule has 1 aromatic rings. The van der Waals surface area contributed by atoms with E-state index in [4.69, 9.17) is 14.3 Å². The summed E-state index contributed by atoms with van der Waals surface area (Å²) in [6.07, 6.45) is 2.09. The molecule has 18 heavy (non-hydrogen) atoms. The number of ether oxygens (including phenoxy) is 1. The van der Waals surface area contributed by atoms with Crippen molar-refractivity contribution in [3.05, 3.63) is 17.3 Å². The quantitative estimate of drug-likeness (QED) is 0.723. The van der Waals surface area contributed by atoms with Gasteiger partial charge in [-0.2, -0.15) is 0 Å². The summed E-state index contributed by atoms with van der Waals surface area (Å²) in [6, 6.07) is 0. The molecule has 0 aromatic carbocycles. The summed E-state index contributed by atoms with van der Waals surface area (Å²) in [4.78, 5) is 15.3. The minimum absolute atomic E-state index is 0.0332. The normalized spacial score (nSPS) is 11.1. The van der Waals surface area contributed by atoms with Gasteiger partial charge in [0.15, 0.2) is 5.89 Å². The second-order valence-corrected chi connectivity index (χ2v) is 4.65. The molecule has 102 valence electrons. The van der Waals surface area contributed by atoms with Crippen molar-refractivity contribution in [1.29, 1.82) is 0 Å². The Morgan fingerprint density at radius 3 is 2.72 bits per heavy atom. The van der Waals surface area contributed by atoms with Crippen LogP contribution in [0.2, 0.25) is 0 Å². The van der Waals surface area contributed by atoms with Crippen molar-refractivity contribution in [2.24, 2.45) is 5.92 Å². The van der Waals surface area contributed by atoms with Crippen molar-refractivity contribution >= 4 is 5.97 Å². The minimum Gasteiger partial charge on any atom is -0.475 e. The fraction of sp³-hybridized carbons (Fsp3) is 0.692. The maximum atomic E-state index is 11.0. The van der Waals surface area contributed by atoms with E-state index in [9.17, 15) is 4.79 Å². The minimum atomic E-state index is -1.06. The molecular weight excluding hydrogens is 234 g/mol. The number of carbonyl (C=O) groups is 1. The number of rotatable bonds is 8. The number of nitrogens with zero attached hydrogens (tertiary/aromatic N) is 1. The van der Waals surface area contributed by atoms with E-state index in [-0.39, 0.29) is 5.76 Å². The highest BCUT2D eigenvalue weighted by Gasteiger charge is 2.19. The van der Waals surface area contributed by atoms with Gasteiger partial charge in [-0.25, -0.2) is 9.78 Å². The monoisotopic (exact) mass is 255 g/mol. The van der Waals surface area contributed by atoms with Gasteiger partial charge in [-0.3, -0.25) is 0 Å². The Balaban J connectivity index is 2.66. The first-order valence-corrected chi connectivity index (χ1v) is 6.34. The molecule has 1 N–H and O–H groups in total. The molecule has 0 unspecified atom stereocenters. The number of oxazole rings is 1. The smallest absolute Gasteiger partial charge is 0.373 e. The van der Waals surface area contributed by atoms with E-state index in [1.165, 1.54) is 0 Å². The number of hydrogen-bond acceptors (Lipinski definition) is 4. The van der Waals surface area contributed by atoms with Gasteiger partial charge in [0, 0.05) is 13.0 Å². The first kappa shape index (κ1) is 14.7. The molecule has 0 radical (unpaired) electrons. The van der Waals surface area contributed by atoms with Crippen LogP contribution in [0, 0.1) is 5.92 Å². The summed E-state index contributed by atoms with van der Waals surface area (Å²) in [5.41, 5.74) is 0.531. The van der Waals surface area contributed by atoms with Crippen LogP contribution < -0.4 is 0 Å². The Kier molecular flexibility index (Phi) is 5.85. The van der Waals surface area contributed by atoms with E-state index in [1.807, 2.05) is 20.8 Å². The summed E-state index contributed by atoms with van der Waals surface area (Å²) in [6.45, 7) is 7.28. The Morgan fingerprint density at radius 1 is 1.44 bits per heavy atom. The van der Waals surface area contributed by atoms with Gasteiger partial charge in [-0.1, -0.05) is 20.8 Å². The lowest BCUT2D eigenvalue weighted by Crippen LogP contribution is -2.03. The van der Waals surface area contributed by atoms with Crippen molar-refractivity contribution in [3.63, 3.8) is 0 Å². The predicted molar refractivity (Wildman–Crippen MR) is 66.8 cm³/mol. The summed E-state index contributed by atoms with van der Waals surface area (Å²) in [7, 11) is 0. The van der Waals surface area contributed by atoms with Crippen LogP contribution in [-0.4, -0.2) is 29.3 Å². The number of hydrogen-bond donors (Lipinski definition) is 1. The fourth-order valence-electron chi connectivity index (χ4n) is 1.61. The predicted octanol–water partition coefficient (Wildman–Crippen LogP) is 2.54. The van der Waals surface area contributed by atoms with E-state index in [0.29, 0.717) is 43.6 Å². The number of aromatic nitrogens is 1. The van der Waals surface area contributed by atoms with Gasteiger partial charge in [-0.15, -0.1) is 0 Å². The third kappa shape index (κ3) is 4.49. The lowest BCUT2D eigenvalue weighted by Gasteiger charge is -2.00. The molecular formula is C13H21NO4. The average molecular weight is 255 g/mol. The topological polar surface area (TPSA) is 72.6 Å². The molecule has 5 nitrogen and oxygen atoms in total. The molecule has 0 saturated carbocycles. The van der Waals surface area contributed by atoms with Gasteiger partial charge in [0.2, 0.25) is 5.76 Å². The zero-order chi connectivity index (χ0) is 13.5. The Morgan fingerprint density at radius 2 is 2.17 bits per heavy atom. The van der Waals surface area contributed by atoms with Crippen LogP contribution in [0.1, 0.15) is 49.3 Å². The molecule has 0 fully saturated rings. The molecule has 1 rings (SSSR count). The third-order valence-electron chi connectivity index (χ3n) is 2.35. The second kappa shape index (κ2) is 7.16. The van der Waals surface area contributed by atoms with Gasteiger partial charge < -0.3 is 14.3 Å². The molecule has 1 aromatic heterocycles. The first-order valence-electron chi connectivity index (χ1n) is 6.34. The highest BCUT2D eigenvalue weighted by atomic mass is 16.5. The lowest BCUT2D eigenvalue weighted by atomic mass is 10.1. The number of carboxylic acid groups (broad SMARTS) is 1. The summed E-state index contributed by atoms with van der Waals surface area (Å²) < 4.78 is 10.6. The zero-order valence-corrected chi connectivity index (χ0v) is 11.2. The molecule has 0 aliphatic carbocycles. The van der Waals surface area contributed by atoms with Crippen LogP contribution in [-0.2, 0) is 17.6 Å². The largest absolute Gasteiger partial charge is 0.475 e.